The van der Waals surface area contributed by atoms with Gasteiger partial charge in [0.2, 0.25) is 0 Å². The van der Waals surface area contributed by atoms with Gasteiger partial charge in [0, 0.05) is 0 Å². The van der Waals surface area contributed by atoms with Crippen LogP contribution in [0.1, 0.15) is 6.42 Å². The van der Waals surface area contributed by atoms with Gasteiger partial charge in [0.1, 0.15) is 5.76 Å². The summed E-state index contributed by atoms with van der Waals surface area (Å²) in [7, 11) is 0. The fourth-order valence-electron chi connectivity index (χ4n) is 0.684. The van der Waals surface area contributed by atoms with Crippen LogP contribution in [-0.2, 0) is 4.74 Å². The third-order valence-corrected chi connectivity index (χ3v) is 1.08. The van der Waals surface area contributed by atoms with Crippen molar-refractivity contribution in [2.75, 3.05) is 0 Å². The van der Waals surface area contributed by atoms with Gasteiger partial charge in [-0.05, 0) is 25.0 Å². The van der Waals surface area contributed by atoms with E-state index in [0.29, 0.717) is 6.42 Å². The molecule has 0 aliphatic heterocycles. The standard InChI is InChI=1S/C7H7F2O/c8-7(9)10-6-4-2-1-3-5-6/h1-2,4-5,7H,3H2. The second-order valence-corrected chi connectivity index (χ2v) is 1.82. The molecule has 55 valence electrons. The minimum atomic E-state index is -2.71. The molecule has 1 aliphatic rings. The lowest BCUT2D eigenvalue weighted by Crippen LogP contribution is -1.98. The quantitative estimate of drug-likeness (QED) is 0.579. The van der Waals surface area contributed by atoms with E-state index in [9.17, 15) is 8.78 Å². The third-order valence-electron chi connectivity index (χ3n) is 1.08. The molecule has 0 saturated carbocycles. The Bertz CT molecular complexity index is 161. The fourth-order valence-corrected chi connectivity index (χ4v) is 0.684. The van der Waals surface area contributed by atoms with Gasteiger partial charge >= 0.3 is 6.61 Å². The van der Waals surface area contributed by atoms with E-state index in [-0.39, 0.29) is 5.76 Å². The van der Waals surface area contributed by atoms with Gasteiger partial charge in [0.25, 0.3) is 0 Å². The maximum atomic E-state index is 11.5. The van der Waals surface area contributed by atoms with Gasteiger partial charge in [-0.2, -0.15) is 8.78 Å². The van der Waals surface area contributed by atoms with Crippen molar-refractivity contribution in [1.29, 1.82) is 0 Å². The first-order valence-corrected chi connectivity index (χ1v) is 2.94. The first kappa shape index (κ1) is 7.25. The Kier molecular flexibility index (Phi) is 2.42. The van der Waals surface area contributed by atoms with Crippen molar-refractivity contribution in [1.82, 2.24) is 0 Å². The van der Waals surface area contributed by atoms with Gasteiger partial charge < -0.3 is 4.74 Å². The van der Waals surface area contributed by atoms with Crippen LogP contribution in [0.15, 0.2) is 24.0 Å². The van der Waals surface area contributed by atoms with Crippen LogP contribution < -0.4 is 0 Å². The van der Waals surface area contributed by atoms with E-state index in [2.05, 4.69) is 4.74 Å². The Morgan fingerprint density at radius 2 is 2.30 bits per heavy atom. The summed E-state index contributed by atoms with van der Waals surface area (Å²) in [6.45, 7) is -2.71. The predicted octanol–water partition coefficient (Wildman–Crippen LogP) is 2.27. The second-order valence-electron chi connectivity index (χ2n) is 1.82. The maximum Gasteiger partial charge on any atom is 0.387 e. The molecule has 0 N–H and O–H groups in total. The van der Waals surface area contributed by atoms with Crippen molar-refractivity contribution >= 4 is 0 Å². The Morgan fingerprint density at radius 1 is 1.50 bits per heavy atom. The normalized spacial score (nSPS) is 17.3. The van der Waals surface area contributed by atoms with E-state index < -0.39 is 6.61 Å². The molecular formula is C7H7F2O. The van der Waals surface area contributed by atoms with E-state index in [1.54, 1.807) is 12.2 Å². The Balaban J connectivity index is 2.40. The maximum absolute atomic E-state index is 11.5. The highest BCUT2D eigenvalue weighted by Crippen LogP contribution is 2.12. The predicted molar refractivity (Wildman–Crippen MR) is 33.2 cm³/mol. The molecule has 0 amide bonds. The largest absolute Gasteiger partial charge is 0.435 e. The number of allylic oxidation sites excluding steroid dienone is 3. The van der Waals surface area contributed by atoms with Crippen LogP contribution in [0.4, 0.5) is 8.78 Å². The molecule has 0 saturated heterocycles. The highest BCUT2D eigenvalue weighted by atomic mass is 19.3. The highest BCUT2D eigenvalue weighted by molar-refractivity contribution is 5.21. The summed E-state index contributed by atoms with van der Waals surface area (Å²) in [4.78, 5) is 0. The van der Waals surface area contributed by atoms with Gasteiger partial charge in [-0.15, -0.1) is 0 Å². The van der Waals surface area contributed by atoms with Crippen LogP contribution in [0.25, 0.3) is 0 Å². The Labute approximate surface area is 58.0 Å². The van der Waals surface area contributed by atoms with Crippen molar-refractivity contribution in [2.45, 2.75) is 13.0 Å². The fraction of sp³-hybridized carbons (Fsp3) is 0.286. The molecule has 0 bridgehead atoms. The molecule has 1 rings (SSSR count). The molecule has 0 aromatic heterocycles. The first-order valence-electron chi connectivity index (χ1n) is 2.94. The van der Waals surface area contributed by atoms with Gasteiger partial charge in [0.05, 0.1) is 0 Å². The third kappa shape index (κ3) is 2.17. The van der Waals surface area contributed by atoms with Crippen molar-refractivity contribution in [3.8, 4) is 0 Å². The van der Waals surface area contributed by atoms with Crippen molar-refractivity contribution < 1.29 is 13.5 Å². The van der Waals surface area contributed by atoms with Crippen LogP contribution in [0.2, 0.25) is 0 Å². The number of halogens is 2. The summed E-state index contributed by atoms with van der Waals surface area (Å²) in [6.07, 6.45) is 7.33. The number of alkyl halides is 2. The SMILES string of the molecule is FC(F)OC1=CC[CH]C=C1. The minimum absolute atomic E-state index is 0.248. The summed E-state index contributed by atoms with van der Waals surface area (Å²) in [5.74, 6) is 0.248. The lowest BCUT2D eigenvalue weighted by atomic mass is 10.2. The van der Waals surface area contributed by atoms with Gasteiger partial charge in [-0.3, -0.25) is 0 Å². The molecule has 0 heterocycles. The summed E-state index contributed by atoms with van der Waals surface area (Å²) in [5, 5.41) is 0. The molecule has 0 aromatic rings. The number of hydrogen-bond donors (Lipinski definition) is 0. The van der Waals surface area contributed by atoms with Crippen molar-refractivity contribution in [3.63, 3.8) is 0 Å². The molecule has 0 aromatic carbocycles. The van der Waals surface area contributed by atoms with E-state index in [4.69, 9.17) is 0 Å². The van der Waals surface area contributed by atoms with Crippen LogP contribution in [0.5, 0.6) is 0 Å². The molecule has 0 atom stereocenters. The lowest BCUT2D eigenvalue weighted by Gasteiger charge is -2.07. The monoisotopic (exact) mass is 145 g/mol. The first-order chi connectivity index (χ1) is 4.79. The van der Waals surface area contributed by atoms with E-state index >= 15 is 0 Å². The molecule has 0 unspecified atom stereocenters. The Morgan fingerprint density at radius 3 is 2.80 bits per heavy atom. The Hall–Kier alpha value is -0.860. The van der Waals surface area contributed by atoms with E-state index in [0.717, 1.165) is 0 Å². The second kappa shape index (κ2) is 3.34. The topological polar surface area (TPSA) is 9.23 Å². The molecule has 0 fully saturated rings. The zero-order chi connectivity index (χ0) is 7.40. The molecule has 1 radical (unpaired) electrons. The molecule has 1 nitrogen and oxygen atoms in total. The summed E-state index contributed by atoms with van der Waals surface area (Å²) < 4.78 is 27.1. The number of hydrogen-bond acceptors (Lipinski definition) is 1. The average molecular weight is 145 g/mol. The van der Waals surface area contributed by atoms with Gasteiger partial charge in [-0.25, -0.2) is 0 Å². The summed E-state index contributed by atoms with van der Waals surface area (Å²) in [6, 6.07) is 0. The van der Waals surface area contributed by atoms with E-state index in [1.165, 1.54) is 6.08 Å². The smallest absolute Gasteiger partial charge is 0.387 e. The van der Waals surface area contributed by atoms with Crippen LogP contribution in [-0.4, -0.2) is 6.61 Å². The number of ether oxygens (including phenoxy) is 1. The van der Waals surface area contributed by atoms with Crippen LogP contribution in [0.3, 0.4) is 0 Å². The highest BCUT2D eigenvalue weighted by Gasteiger charge is 2.05. The molecule has 10 heavy (non-hydrogen) atoms. The van der Waals surface area contributed by atoms with Gasteiger partial charge in [-0.1, -0.05) is 6.08 Å². The summed E-state index contributed by atoms with van der Waals surface area (Å²) in [5.41, 5.74) is 0. The minimum Gasteiger partial charge on any atom is -0.435 e. The van der Waals surface area contributed by atoms with Gasteiger partial charge in [0.15, 0.2) is 0 Å². The number of rotatable bonds is 2. The van der Waals surface area contributed by atoms with Crippen molar-refractivity contribution in [3.05, 3.63) is 30.4 Å². The van der Waals surface area contributed by atoms with Crippen LogP contribution in [0, 0.1) is 6.42 Å². The molecule has 0 spiro atoms. The average Bonchev–Trinajstić information content (AvgIpc) is 1.88. The van der Waals surface area contributed by atoms with Crippen LogP contribution >= 0.6 is 0 Å². The van der Waals surface area contributed by atoms with Crippen molar-refractivity contribution in [2.24, 2.45) is 0 Å². The molecule has 1 aliphatic carbocycles. The molecule has 3 heteroatoms. The zero-order valence-electron chi connectivity index (χ0n) is 5.26. The van der Waals surface area contributed by atoms with E-state index in [1.807, 2.05) is 6.42 Å². The summed E-state index contributed by atoms with van der Waals surface area (Å²) >= 11 is 0. The lowest BCUT2D eigenvalue weighted by molar-refractivity contribution is -0.0923. The zero-order valence-corrected chi connectivity index (χ0v) is 5.26. The molecular weight excluding hydrogens is 138 g/mol.